The van der Waals surface area contributed by atoms with Crippen LogP contribution in [0.2, 0.25) is 0 Å². The van der Waals surface area contributed by atoms with Gasteiger partial charge in [0.2, 0.25) is 6.71 Å². The second-order valence-electron chi connectivity index (χ2n) is 11.9. The van der Waals surface area contributed by atoms with E-state index in [2.05, 4.69) is 165 Å². The minimum atomic E-state index is -0.463. The van der Waals surface area contributed by atoms with E-state index in [4.69, 9.17) is 0 Å². The van der Waals surface area contributed by atoms with Gasteiger partial charge in [-0.25, -0.2) is 0 Å². The predicted molar refractivity (Wildman–Crippen MR) is 178 cm³/mol. The van der Waals surface area contributed by atoms with Gasteiger partial charge in [-0.15, -0.1) is 0 Å². The molecule has 2 aliphatic rings. The molecule has 2 aliphatic heterocycles. The number of rotatable bonds is 3. The van der Waals surface area contributed by atoms with Gasteiger partial charge in [-0.2, -0.15) is 0 Å². The number of aryl methyl sites for hydroxylation is 3. The molecule has 0 spiro atoms. The van der Waals surface area contributed by atoms with Crippen molar-refractivity contribution in [3.05, 3.63) is 178 Å². The van der Waals surface area contributed by atoms with Crippen molar-refractivity contribution in [1.82, 2.24) is 0 Å². The fourth-order valence-electron chi connectivity index (χ4n) is 8.07. The average molecular weight is 538 g/mol. The molecule has 0 bridgehead atoms. The lowest BCUT2D eigenvalue weighted by Crippen LogP contribution is -2.60. The Kier molecular flexibility index (Phi) is 5.56. The number of para-hydroxylation sites is 3. The van der Waals surface area contributed by atoms with Crippen molar-refractivity contribution in [3.63, 3.8) is 0 Å². The summed E-state index contributed by atoms with van der Waals surface area (Å²) in [6.07, 6.45) is 0. The standard InChI is InChI=1S/C40H32BN/c1-27-25-28(2)38(29(3)26-27)41-34-21-11-13-24-37(34)42-36-23-12-10-19-32(36)40(30-15-6-4-7-16-30,31-17-8-5-9-18-31)33-20-14-22-35(41)39(33)42/h4-26H,1-3H3. The molecular weight excluding hydrogens is 505 g/mol. The van der Waals surface area contributed by atoms with Crippen molar-refractivity contribution in [2.24, 2.45) is 0 Å². The van der Waals surface area contributed by atoms with Crippen LogP contribution in [0.25, 0.3) is 0 Å². The fourth-order valence-corrected chi connectivity index (χ4v) is 8.07. The van der Waals surface area contributed by atoms with Gasteiger partial charge in [0.1, 0.15) is 0 Å². The Morgan fingerprint density at radius 3 is 1.69 bits per heavy atom. The van der Waals surface area contributed by atoms with Crippen molar-refractivity contribution >= 4 is 40.2 Å². The minimum absolute atomic E-state index is 0.141. The van der Waals surface area contributed by atoms with Gasteiger partial charge in [0.25, 0.3) is 0 Å². The molecule has 0 saturated heterocycles. The highest BCUT2D eigenvalue weighted by Gasteiger charge is 2.50. The van der Waals surface area contributed by atoms with Crippen LogP contribution in [0.3, 0.4) is 0 Å². The van der Waals surface area contributed by atoms with E-state index in [-0.39, 0.29) is 6.71 Å². The Labute approximate surface area is 249 Å². The first-order valence-corrected chi connectivity index (χ1v) is 14.9. The van der Waals surface area contributed by atoms with E-state index in [9.17, 15) is 0 Å². The maximum atomic E-state index is 2.55. The zero-order chi connectivity index (χ0) is 28.4. The van der Waals surface area contributed by atoms with Gasteiger partial charge in [-0.05, 0) is 66.1 Å². The van der Waals surface area contributed by atoms with Crippen LogP contribution in [0.15, 0.2) is 140 Å². The van der Waals surface area contributed by atoms with E-state index in [0.29, 0.717) is 0 Å². The number of benzene rings is 6. The summed E-state index contributed by atoms with van der Waals surface area (Å²) < 4.78 is 0. The van der Waals surface area contributed by atoms with Crippen LogP contribution in [0, 0.1) is 20.8 Å². The molecule has 0 atom stereocenters. The smallest absolute Gasteiger partial charge is 0.247 e. The van der Waals surface area contributed by atoms with Gasteiger partial charge in [0.05, 0.1) is 11.1 Å². The Hall–Kier alpha value is -4.82. The highest BCUT2D eigenvalue weighted by molar-refractivity contribution is 6.98. The van der Waals surface area contributed by atoms with Crippen LogP contribution >= 0.6 is 0 Å². The molecule has 0 saturated carbocycles. The first-order valence-electron chi connectivity index (χ1n) is 14.9. The summed E-state index contributed by atoms with van der Waals surface area (Å²) in [5.41, 5.74) is 16.7. The molecule has 0 radical (unpaired) electrons. The monoisotopic (exact) mass is 537 g/mol. The summed E-state index contributed by atoms with van der Waals surface area (Å²) in [5.74, 6) is 0. The summed E-state index contributed by atoms with van der Waals surface area (Å²) >= 11 is 0. The number of fused-ring (bicyclic) bond motifs is 4. The van der Waals surface area contributed by atoms with Crippen LogP contribution < -0.4 is 21.3 Å². The van der Waals surface area contributed by atoms with E-state index in [1.807, 2.05) is 0 Å². The first-order chi connectivity index (χ1) is 20.6. The van der Waals surface area contributed by atoms with Gasteiger partial charge in [-0.3, -0.25) is 0 Å². The molecule has 0 aromatic heterocycles. The van der Waals surface area contributed by atoms with Gasteiger partial charge < -0.3 is 4.90 Å². The topological polar surface area (TPSA) is 3.24 Å². The van der Waals surface area contributed by atoms with E-state index < -0.39 is 5.41 Å². The first kappa shape index (κ1) is 24.9. The van der Waals surface area contributed by atoms with Crippen LogP contribution in [-0.2, 0) is 5.41 Å². The maximum Gasteiger partial charge on any atom is 0.247 e. The molecule has 6 aromatic carbocycles. The SMILES string of the molecule is Cc1cc(C)c(B2c3ccccc3N3c4ccccc4C(c4ccccc4)(c4ccccc4)c4cccc2c43)c(C)c1. The largest absolute Gasteiger partial charge is 0.311 e. The van der Waals surface area contributed by atoms with E-state index in [1.165, 1.54) is 72.4 Å². The maximum absolute atomic E-state index is 2.55. The van der Waals surface area contributed by atoms with Gasteiger partial charge in [-0.1, -0.05) is 150 Å². The second kappa shape index (κ2) is 9.36. The summed E-state index contributed by atoms with van der Waals surface area (Å²) in [6.45, 7) is 6.92. The van der Waals surface area contributed by atoms with E-state index in [1.54, 1.807) is 0 Å². The molecular formula is C40H32BN. The Morgan fingerprint density at radius 2 is 1.02 bits per heavy atom. The average Bonchev–Trinajstić information content (AvgIpc) is 3.02. The minimum Gasteiger partial charge on any atom is -0.311 e. The molecule has 8 rings (SSSR count). The van der Waals surface area contributed by atoms with Crippen LogP contribution in [0.4, 0.5) is 17.1 Å². The molecule has 6 aromatic rings. The van der Waals surface area contributed by atoms with Crippen LogP contribution in [-0.4, -0.2) is 6.71 Å². The van der Waals surface area contributed by atoms with Gasteiger partial charge in [0, 0.05) is 11.4 Å². The Bertz CT molecular complexity index is 1910. The van der Waals surface area contributed by atoms with Crippen molar-refractivity contribution in [3.8, 4) is 0 Å². The lowest BCUT2D eigenvalue weighted by molar-refractivity contribution is 0.732. The van der Waals surface area contributed by atoms with Crippen molar-refractivity contribution < 1.29 is 0 Å². The molecule has 1 nitrogen and oxygen atoms in total. The quantitative estimate of drug-likeness (QED) is 0.210. The Balaban J connectivity index is 1.56. The summed E-state index contributed by atoms with van der Waals surface area (Å²) in [7, 11) is 0. The van der Waals surface area contributed by atoms with Crippen molar-refractivity contribution in [2.45, 2.75) is 26.2 Å². The molecule has 2 heterocycles. The highest BCUT2D eigenvalue weighted by atomic mass is 15.2. The van der Waals surface area contributed by atoms with Crippen molar-refractivity contribution in [1.29, 1.82) is 0 Å². The lowest BCUT2D eigenvalue weighted by Gasteiger charge is -2.50. The van der Waals surface area contributed by atoms with E-state index in [0.717, 1.165) is 0 Å². The Morgan fingerprint density at radius 1 is 0.500 bits per heavy atom. The molecule has 200 valence electrons. The molecule has 0 amide bonds. The van der Waals surface area contributed by atoms with Gasteiger partial charge >= 0.3 is 0 Å². The fraction of sp³-hybridized carbons (Fsp3) is 0.100. The van der Waals surface area contributed by atoms with E-state index >= 15 is 0 Å². The van der Waals surface area contributed by atoms with Crippen LogP contribution in [0.1, 0.15) is 38.9 Å². The lowest BCUT2D eigenvalue weighted by atomic mass is 9.33. The summed E-state index contributed by atoms with van der Waals surface area (Å²) in [4.78, 5) is 2.55. The summed E-state index contributed by atoms with van der Waals surface area (Å²) in [5, 5.41) is 0. The third-order valence-corrected chi connectivity index (χ3v) is 9.48. The third-order valence-electron chi connectivity index (χ3n) is 9.48. The zero-order valence-electron chi connectivity index (χ0n) is 24.3. The number of nitrogens with zero attached hydrogens (tertiary/aromatic N) is 1. The molecule has 0 N–H and O–H groups in total. The number of hydrogen-bond acceptors (Lipinski definition) is 1. The molecule has 0 fully saturated rings. The molecule has 42 heavy (non-hydrogen) atoms. The molecule has 0 unspecified atom stereocenters. The predicted octanol–water partition coefficient (Wildman–Crippen LogP) is 7.61. The number of anilines is 3. The van der Waals surface area contributed by atoms with Crippen LogP contribution in [0.5, 0.6) is 0 Å². The molecule has 2 heteroatoms. The normalized spacial score (nSPS) is 14.2. The zero-order valence-corrected chi connectivity index (χ0v) is 24.3. The molecule has 0 aliphatic carbocycles. The summed E-state index contributed by atoms with van der Waals surface area (Å²) in [6, 6.07) is 52.0. The van der Waals surface area contributed by atoms with Crippen molar-refractivity contribution in [2.75, 3.05) is 4.90 Å². The second-order valence-corrected chi connectivity index (χ2v) is 11.9. The van der Waals surface area contributed by atoms with Gasteiger partial charge in [0.15, 0.2) is 0 Å². The number of hydrogen-bond donors (Lipinski definition) is 0. The third kappa shape index (κ3) is 3.33. The highest BCUT2D eigenvalue weighted by Crippen LogP contribution is 2.57.